The van der Waals surface area contributed by atoms with Crippen molar-refractivity contribution in [3.63, 3.8) is 0 Å². The minimum Gasteiger partial charge on any atom is -0.366 e. The van der Waals surface area contributed by atoms with E-state index in [1.165, 1.54) is 6.42 Å². The van der Waals surface area contributed by atoms with Gasteiger partial charge in [-0.05, 0) is 24.5 Å². The summed E-state index contributed by atoms with van der Waals surface area (Å²) < 4.78 is 0. The van der Waals surface area contributed by atoms with Gasteiger partial charge >= 0.3 is 0 Å². The molecule has 2 fully saturated rings. The maximum absolute atomic E-state index is 11.2. The van der Waals surface area contributed by atoms with E-state index < -0.39 is 0 Å². The van der Waals surface area contributed by atoms with Crippen LogP contribution in [0, 0.1) is 16.0 Å². The number of hydrogen-bond donors (Lipinski definition) is 1. The third kappa shape index (κ3) is 1.86. The summed E-state index contributed by atoms with van der Waals surface area (Å²) in [6, 6.07) is 5.73. The van der Waals surface area contributed by atoms with E-state index in [1.807, 2.05) is 6.07 Å². The number of anilines is 1. The first kappa shape index (κ1) is 12.5. The zero-order valence-corrected chi connectivity index (χ0v) is 11.5. The summed E-state index contributed by atoms with van der Waals surface area (Å²) in [6.07, 6.45) is 4.53. The Bertz CT molecular complexity index is 718. The molecule has 0 bridgehead atoms. The molecule has 4 rings (SSSR count). The lowest BCUT2D eigenvalue weighted by Gasteiger charge is -2.26. The molecule has 1 aromatic heterocycles. The van der Waals surface area contributed by atoms with Gasteiger partial charge in [0.1, 0.15) is 0 Å². The van der Waals surface area contributed by atoms with Gasteiger partial charge in [-0.15, -0.1) is 0 Å². The second-order valence-corrected chi connectivity index (χ2v) is 5.75. The molecule has 1 N–H and O–H groups in total. The average Bonchev–Trinajstić information content (AvgIpc) is 3.09. The van der Waals surface area contributed by atoms with E-state index in [0.29, 0.717) is 17.3 Å². The molecule has 2 aliphatic rings. The lowest BCUT2D eigenvalue weighted by Crippen LogP contribution is -2.34. The first-order valence-corrected chi connectivity index (χ1v) is 7.24. The molecule has 21 heavy (non-hydrogen) atoms. The van der Waals surface area contributed by atoms with Crippen LogP contribution in [0.2, 0.25) is 0 Å². The van der Waals surface area contributed by atoms with Crippen molar-refractivity contribution in [3.05, 3.63) is 40.7 Å². The minimum absolute atomic E-state index is 0.149. The van der Waals surface area contributed by atoms with E-state index in [4.69, 9.17) is 0 Å². The predicted molar refractivity (Wildman–Crippen MR) is 80.5 cm³/mol. The summed E-state index contributed by atoms with van der Waals surface area (Å²) in [5, 5.41) is 16.2. The van der Waals surface area contributed by atoms with Gasteiger partial charge in [0.2, 0.25) is 0 Å². The third-order valence-electron chi connectivity index (χ3n) is 4.72. The molecule has 0 unspecified atom stereocenters. The van der Waals surface area contributed by atoms with Gasteiger partial charge < -0.3 is 10.2 Å². The number of aromatic nitrogens is 1. The quantitative estimate of drug-likeness (QED) is 0.674. The number of fused-ring (bicyclic) bond motifs is 2. The van der Waals surface area contributed by atoms with Crippen LogP contribution in [0.1, 0.15) is 6.42 Å². The minimum atomic E-state index is -0.323. The van der Waals surface area contributed by atoms with Crippen LogP contribution < -0.4 is 10.2 Å². The number of hydrogen-bond acceptors (Lipinski definition) is 5. The van der Waals surface area contributed by atoms with Gasteiger partial charge in [0.05, 0.1) is 10.3 Å². The Hall–Kier alpha value is -2.21. The SMILES string of the molecule is O=[N+]([O-])c1ccc(N2CC[C@H]3CNC[C@H]32)c2cnccc12. The number of pyridine rings is 1. The molecule has 0 radical (unpaired) electrons. The Morgan fingerprint density at radius 1 is 1.29 bits per heavy atom. The average molecular weight is 284 g/mol. The van der Waals surface area contributed by atoms with Crippen molar-refractivity contribution in [2.75, 3.05) is 24.5 Å². The van der Waals surface area contributed by atoms with E-state index in [-0.39, 0.29) is 10.6 Å². The van der Waals surface area contributed by atoms with E-state index in [9.17, 15) is 10.1 Å². The number of nitrogens with zero attached hydrogens (tertiary/aromatic N) is 3. The molecule has 0 amide bonds. The Labute approximate surface area is 121 Å². The standard InChI is InChI=1S/C15H16N4O2/c20-19(21)14-2-1-13(12-8-16-5-3-11(12)14)18-6-4-10-7-17-9-15(10)18/h1-3,5,8,10,15,17H,4,6-7,9H2/t10-,15+/m0/s1. The molecule has 6 nitrogen and oxygen atoms in total. The van der Waals surface area contributed by atoms with E-state index in [2.05, 4.69) is 15.2 Å². The fourth-order valence-electron chi connectivity index (χ4n) is 3.72. The molecular weight excluding hydrogens is 268 g/mol. The monoisotopic (exact) mass is 284 g/mol. The summed E-state index contributed by atoms with van der Waals surface area (Å²) in [5.74, 6) is 0.687. The van der Waals surface area contributed by atoms with Crippen molar-refractivity contribution in [1.29, 1.82) is 0 Å². The van der Waals surface area contributed by atoms with Crippen molar-refractivity contribution < 1.29 is 4.92 Å². The molecule has 2 aromatic rings. The number of nitro groups is 1. The molecule has 2 atom stereocenters. The first-order valence-electron chi connectivity index (χ1n) is 7.24. The van der Waals surface area contributed by atoms with Crippen LogP contribution in [0.15, 0.2) is 30.6 Å². The second kappa shape index (κ2) is 4.66. The predicted octanol–water partition coefficient (Wildman–Crippen LogP) is 1.94. The molecule has 6 heteroatoms. The van der Waals surface area contributed by atoms with Crippen molar-refractivity contribution in [3.8, 4) is 0 Å². The highest BCUT2D eigenvalue weighted by molar-refractivity contribution is 5.99. The second-order valence-electron chi connectivity index (χ2n) is 5.75. The van der Waals surface area contributed by atoms with Crippen molar-refractivity contribution in [1.82, 2.24) is 10.3 Å². The topological polar surface area (TPSA) is 71.3 Å². The number of nitrogens with one attached hydrogen (secondary N) is 1. The smallest absolute Gasteiger partial charge is 0.277 e. The van der Waals surface area contributed by atoms with Crippen molar-refractivity contribution >= 4 is 22.1 Å². The highest BCUT2D eigenvalue weighted by Crippen LogP contribution is 2.38. The van der Waals surface area contributed by atoms with Gasteiger partial charge in [0, 0.05) is 55.2 Å². The zero-order chi connectivity index (χ0) is 14.4. The van der Waals surface area contributed by atoms with Gasteiger partial charge in [-0.25, -0.2) is 0 Å². The maximum Gasteiger partial charge on any atom is 0.277 e. The summed E-state index contributed by atoms with van der Waals surface area (Å²) in [5.41, 5.74) is 1.22. The number of benzene rings is 1. The molecule has 0 saturated carbocycles. The van der Waals surface area contributed by atoms with E-state index >= 15 is 0 Å². The summed E-state index contributed by atoms with van der Waals surface area (Å²) >= 11 is 0. The fraction of sp³-hybridized carbons (Fsp3) is 0.400. The zero-order valence-electron chi connectivity index (χ0n) is 11.5. The highest BCUT2D eigenvalue weighted by atomic mass is 16.6. The molecule has 3 heterocycles. The van der Waals surface area contributed by atoms with Crippen molar-refractivity contribution in [2.45, 2.75) is 12.5 Å². The Morgan fingerprint density at radius 2 is 2.19 bits per heavy atom. The number of non-ortho nitro benzene ring substituents is 1. The fourth-order valence-corrected chi connectivity index (χ4v) is 3.72. The van der Waals surface area contributed by atoms with Crippen molar-refractivity contribution in [2.24, 2.45) is 5.92 Å². The van der Waals surface area contributed by atoms with Gasteiger partial charge in [0.25, 0.3) is 5.69 Å². The molecule has 0 spiro atoms. The normalized spacial score (nSPS) is 24.5. The Morgan fingerprint density at radius 3 is 3.05 bits per heavy atom. The molecule has 2 aliphatic heterocycles. The number of rotatable bonds is 2. The first-order chi connectivity index (χ1) is 10.3. The molecule has 1 aromatic carbocycles. The largest absolute Gasteiger partial charge is 0.366 e. The van der Waals surface area contributed by atoms with Crippen LogP contribution in [0.3, 0.4) is 0 Å². The van der Waals surface area contributed by atoms with E-state index in [1.54, 1.807) is 24.5 Å². The molecular formula is C15H16N4O2. The van der Waals surface area contributed by atoms with Crippen LogP contribution in [0.5, 0.6) is 0 Å². The van der Waals surface area contributed by atoms with Crippen LogP contribution >= 0.6 is 0 Å². The van der Waals surface area contributed by atoms with E-state index in [0.717, 1.165) is 30.7 Å². The molecule has 2 saturated heterocycles. The van der Waals surface area contributed by atoms with Crippen LogP contribution in [0.4, 0.5) is 11.4 Å². The summed E-state index contributed by atoms with van der Waals surface area (Å²) in [7, 11) is 0. The van der Waals surface area contributed by atoms with Gasteiger partial charge in [-0.3, -0.25) is 15.1 Å². The summed E-state index contributed by atoms with van der Waals surface area (Å²) in [4.78, 5) is 17.4. The molecule has 108 valence electrons. The summed E-state index contributed by atoms with van der Waals surface area (Å²) in [6.45, 7) is 3.08. The van der Waals surface area contributed by atoms with Gasteiger partial charge in [0.15, 0.2) is 0 Å². The maximum atomic E-state index is 11.2. The molecule has 0 aliphatic carbocycles. The van der Waals surface area contributed by atoms with Gasteiger partial charge in [-0.2, -0.15) is 0 Å². The van der Waals surface area contributed by atoms with Crippen LogP contribution in [0.25, 0.3) is 10.8 Å². The highest BCUT2D eigenvalue weighted by Gasteiger charge is 2.38. The lowest BCUT2D eigenvalue weighted by molar-refractivity contribution is -0.383. The number of nitro benzene ring substituents is 1. The van der Waals surface area contributed by atoms with Crippen LogP contribution in [-0.4, -0.2) is 35.6 Å². The Balaban J connectivity index is 1.86. The third-order valence-corrected chi connectivity index (χ3v) is 4.72. The Kier molecular flexibility index (Phi) is 2.78. The van der Waals surface area contributed by atoms with Gasteiger partial charge in [-0.1, -0.05) is 0 Å². The lowest BCUT2D eigenvalue weighted by atomic mass is 10.0. The van der Waals surface area contributed by atoms with Crippen LogP contribution in [-0.2, 0) is 0 Å².